The lowest BCUT2D eigenvalue weighted by atomic mass is 10.0. The summed E-state index contributed by atoms with van der Waals surface area (Å²) in [4.78, 5) is 0.524. The van der Waals surface area contributed by atoms with Gasteiger partial charge in [-0.05, 0) is 12.8 Å². The maximum atomic E-state index is 6.29. The van der Waals surface area contributed by atoms with E-state index < -0.39 is 5.79 Å². The van der Waals surface area contributed by atoms with Gasteiger partial charge in [0.1, 0.15) is 4.83 Å². The molecule has 3 heterocycles. The summed E-state index contributed by atoms with van der Waals surface area (Å²) in [6.07, 6.45) is 9.43. The van der Waals surface area contributed by atoms with Gasteiger partial charge in [0.15, 0.2) is 5.79 Å². The Morgan fingerprint density at radius 3 is 2.62 bits per heavy atom. The van der Waals surface area contributed by atoms with E-state index >= 15 is 0 Å². The second-order valence-electron chi connectivity index (χ2n) is 5.97. The van der Waals surface area contributed by atoms with Crippen LogP contribution in [-0.2, 0) is 14.2 Å². The Labute approximate surface area is 151 Å². The minimum atomic E-state index is -0.538. The summed E-state index contributed by atoms with van der Waals surface area (Å²) in [5.74, 6) is 2.15. The Balaban J connectivity index is 1.65. The Bertz CT molecular complexity index is 424. The number of hydrogen-bond acceptors (Lipinski definition) is 3. The lowest BCUT2D eigenvalue weighted by molar-refractivity contribution is -0.213. The van der Waals surface area contributed by atoms with Crippen molar-refractivity contribution in [2.24, 2.45) is 0 Å². The molecule has 6 heteroatoms. The van der Waals surface area contributed by atoms with Crippen LogP contribution in [0.25, 0.3) is 0 Å². The second kappa shape index (κ2) is 6.41. The first-order valence-corrected chi connectivity index (χ1v) is 10.1. The summed E-state index contributed by atoms with van der Waals surface area (Å²) in [5, 5.41) is 0. The molecule has 0 saturated carbocycles. The number of halogens is 3. The fraction of sp³-hybridized carbons (Fsp3) is 0.867. The molecule has 1 spiro atoms. The van der Waals surface area contributed by atoms with Gasteiger partial charge in [-0.3, -0.25) is 0 Å². The van der Waals surface area contributed by atoms with Gasteiger partial charge in [0.2, 0.25) is 0 Å². The third-order valence-corrected chi connectivity index (χ3v) is 7.77. The molecule has 3 nitrogen and oxygen atoms in total. The number of rotatable bonds is 3. The van der Waals surface area contributed by atoms with E-state index in [4.69, 9.17) is 20.6 Å². The van der Waals surface area contributed by atoms with Gasteiger partial charge in [-0.15, -0.1) is 6.42 Å². The van der Waals surface area contributed by atoms with Crippen molar-refractivity contribution in [3.05, 3.63) is 0 Å². The van der Waals surface area contributed by atoms with E-state index in [-0.39, 0.29) is 34.1 Å². The Kier molecular flexibility index (Phi) is 5.11. The van der Waals surface area contributed by atoms with Crippen LogP contribution < -0.4 is 0 Å². The molecule has 3 aliphatic rings. The quantitative estimate of drug-likeness (QED) is 0.449. The topological polar surface area (TPSA) is 27.7 Å². The van der Waals surface area contributed by atoms with Crippen LogP contribution in [-0.4, -0.2) is 44.7 Å². The zero-order chi connectivity index (χ0) is 15.2. The van der Waals surface area contributed by atoms with E-state index in [1.807, 2.05) is 0 Å². The average molecular weight is 487 g/mol. The highest BCUT2D eigenvalue weighted by molar-refractivity contribution is 9.10. The van der Waals surface area contributed by atoms with Crippen molar-refractivity contribution in [3.8, 4) is 12.3 Å². The highest BCUT2D eigenvalue weighted by Gasteiger charge is 2.60. The molecule has 0 aliphatic carbocycles. The molecule has 0 radical (unpaired) electrons. The third-order valence-electron chi connectivity index (χ3n) is 4.61. The molecule has 3 rings (SSSR count). The molecule has 0 N–H and O–H groups in total. The fourth-order valence-electron chi connectivity index (χ4n) is 3.46. The number of ether oxygens (including phenoxy) is 3. The molecule has 118 valence electrons. The lowest BCUT2D eigenvalue weighted by Gasteiger charge is -2.29. The fourth-order valence-corrected chi connectivity index (χ4v) is 4.89. The van der Waals surface area contributed by atoms with Crippen molar-refractivity contribution in [1.29, 1.82) is 0 Å². The van der Waals surface area contributed by atoms with Crippen LogP contribution in [0.3, 0.4) is 0 Å². The molecule has 3 fully saturated rings. The molecule has 0 amide bonds. The Hall–Kier alpha value is 0.880. The van der Waals surface area contributed by atoms with E-state index in [0.29, 0.717) is 4.83 Å². The number of alkyl halides is 3. The molecule has 8 atom stereocenters. The van der Waals surface area contributed by atoms with Gasteiger partial charge >= 0.3 is 0 Å². The number of hydrogen-bond donors (Lipinski definition) is 0. The van der Waals surface area contributed by atoms with Crippen LogP contribution in [0.5, 0.6) is 0 Å². The molecule has 3 saturated heterocycles. The van der Waals surface area contributed by atoms with Crippen molar-refractivity contribution < 1.29 is 14.2 Å². The molecular weight excluding hydrogens is 468 g/mol. The largest absolute Gasteiger partial charge is 0.370 e. The number of fused-ring (bicyclic) bond motifs is 1. The van der Waals surface area contributed by atoms with Crippen LogP contribution in [0.15, 0.2) is 0 Å². The van der Waals surface area contributed by atoms with E-state index in [1.165, 1.54) is 0 Å². The SMILES string of the molecule is C#CC(Br)C1CC2OC3(CC2O1)OC(C(Br)CC)CC3Br. The molecule has 0 bridgehead atoms. The predicted octanol–water partition coefficient (Wildman–Crippen LogP) is 3.75. The molecule has 3 aliphatic heterocycles. The van der Waals surface area contributed by atoms with Gasteiger partial charge in [0.05, 0.1) is 29.2 Å². The first kappa shape index (κ1) is 16.7. The Morgan fingerprint density at radius 2 is 2.00 bits per heavy atom. The highest BCUT2D eigenvalue weighted by Crippen LogP contribution is 2.51. The predicted molar refractivity (Wildman–Crippen MR) is 92.3 cm³/mol. The van der Waals surface area contributed by atoms with Crippen molar-refractivity contribution in [2.75, 3.05) is 0 Å². The molecule has 0 aromatic carbocycles. The van der Waals surface area contributed by atoms with Crippen LogP contribution in [0, 0.1) is 12.3 Å². The third kappa shape index (κ3) is 2.99. The minimum Gasteiger partial charge on any atom is -0.370 e. The zero-order valence-corrected chi connectivity index (χ0v) is 16.6. The normalized spacial score (nSPS) is 48.2. The van der Waals surface area contributed by atoms with Crippen LogP contribution in [0.2, 0.25) is 0 Å². The lowest BCUT2D eigenvalue weighted by Crippen LogP contribution is -2.38. The maximum absolute atomic E-state index is 6.29. The molecular formula is C15H19Br3O3. The van der Waals surface area contributed by atoms with E-state index in [1.54, 1.807) is 0 Å². The van der Waals surface area contributed by atoms with Crippen LogP contribution in [0.1, 0.15) is 32.6 Å². The first-order valence-electron chi connectivity index (χ1n) is 7.38. The maximum Gasteiger partial charge on any atom is 0.184 e. The summed E-state index contributed by atoms with van der Waals surface area (Å²) in [6.45, 7) is 2.16. The van der Waals surface area contributed by atoms with Gasteiger partial charge in [-0.25, -0.2) is 0 Å². The highest BCUT2D eigenvalue weighted by atomic mass is 79.9. The number of terminal acetylenes is 1. The van der Waals surface area contributed by atoms with Crippen molar-refractivity contribution >= 4 is 47.8 Å². The average Bonchev–Trinajstić information content (AvgIpc) is 3.10. The Morgan fingerprint density at radius 1 is 1.24 bits per heavy atom. The molecule has 8 unspecified atom stereocenters. The summed E-state index contributed by atoms with van der Waals surface area (Å²) in [5.41, 5.74) is 0. The molecule has 0 aromatic heterocycles. The van der Waals surface area contributed by atoms with E-state index in [0.717, 1.165) is 25.7 Å². The van der Waals surface area contributed by atoms with Crippen LogP contribution in [0.4, 0.5) is 0 Å². The van der Waals surface area contributed by atoms with Crippen molar-refractivity contribution in [2.45, 2.75) is 77.3 Å². The smallest absolute Gasteiger partial charge is 0.184 e. The van der Waals surface area contributed by atoms with Gasteiger partial charge in [0.25, 0.3) is 0 Å². The van der Waals surface area contributed by atoms with E-state index in [2.05, 4.69) is 60.6 Å². The summed E-state index contributed by atoms with van der Waals surface area (Å²) >= 11 is 10.9. The van der Waals surface area contributed by atoms with Crippen LogP contribution >= 0.6 is 47.8 Å². The summed E-state index contributed by atoms with van der Waals surface area (Å²) in [7, 11) is 0. The summed E-state index contributed by atoms with van der Waals surface area (Å²) in [6, 6.07) is 0. The van der Waals surface area contributed by atoms with Crippen molar-refractivity contribution in [3.63, 3.8) is 0 Å². The molecule has 0 aromatic rings. The second-order valence-corrected chi connectivity index (χ2v) is 9.24. The van der Waals surface area contributed by atoms with Gasteiger partial charge < -0.3 is 14.2 Å². The standard InChI is InChI=1S/C15H19Br3O3/c1-3-8(16)10-5-12-13(19-10)7-15(21-12)14(18)6-11(20-15)9(17)4-2/h1,8-14H,4-7H2,2H3. The monoisotopic (exact) mass is 484 g/mol. The van der Waals surface area contributed by atoms with Gasteiger partial charge in [-0.1, -0.05) is 60.6 Å². The zero-order valence-electron chi connectivity index (χ0n) is 11.8. The first-order chi connectivity index (χ1) is 9.99. The summed E-state index contributed by atoms with van der Waals surface area (Å²) < 4.78 is 18.6. The van der Waals surface area contributed by atoms with Crippen molar-refractivity contribution in [1.82, 2.24) is 0 Å². The molecule has 21 heavy (non-hydrogen) atoms. The van der Waals surface area contributed by atoms with Gasteiger partial charge in [0, 0.05) is 17.7 Å². The minimum absolute atomic E-state index is 0.0351. The van der Waals surface area contributed by atoms with Gasteiger partial charge in [-0.2, -0.15) is 0 Å². The van der Waals surface area contributed by atoms with E-state index in [9.17, 15) is 0 Å².